The third kappa shape index (κ3) is 4.00. The van der Waals surface area contributed by atoms with E-state index < -0.39 is 31.2 Å². The van der Waals surface area contributed by atoms with Gasteiger partial charge in [-0.05, 0) is 48.4 Å². The van der Waals surface area contributed by atoms with Gasteiger partial charge in [-0.2, -0.15) is 0 Å². The number of rotatable bonds is 5. The number of aryl methyl sites for hydroxylation is 1. The topological polar surface area (TPSA) is 102 Å². The van der Waals surface area contributed by atoms with Gasteiger partial charge in [0.1, 0.15) is 0 Å². The summed E-state index contributed by atoms with van der Waals surface area (Å²) in [6, 6.07) is 6.32. The zero-order valence-corrected chi connectivity index (χ0v) is 17.9. The minimum atomic E-state index is -4.08. The van der Waals surface area contributed by atoms with E-state index in [0.717, 1.165) is 9.54 Å². The predicted octanol–water partition coefficient (Wildman–Crippen LogP) is 2.55. The zero-order chi connectivity index (χ0) is 20.9. The fourth-order valence-electron chi connectivity index (χ4n) is 2.82. The summed E-state index contributed by atoms with van der Waals surface area (Å²) in [5.41, 5.74) is 1.24. The highest BCUT2D eigenvalue weighted by atomic mass is 32.2. The van der Waals surface area contributed by atoms with Crippen LogP contribution in [0.15, 0.2) is 41.6 Å². The molecule has 0 bridgehead atoms. The first kappa shape index (κ1) is 20.6. The number of nitrogens with one attached hydrogen (secondary N) is 1. The highest BCUT2D eigenvalue weighted by molar-refractivity contribution is 7.90. The SMILES string of the molecule is Cc1cn(S(=O)(=O)C2CC2)cc1C(=O)NS(=O)(=O)c1ccc(C(C)(C)C)cc1. The van der Waals surface area contributed by atoms with Gasteiger partial charge >= 0.3 is 0 Å². The van der Waals surface area contributed by atoms with Gasteiger partial charge in [0.25, 0.3) is 15.9 Å². The smallest absolute Gasteiger partial charge is 0.266 e. The number of benzene rings is 1. The molecule has 1 aromatic carbocycles. The normalized spacial score (nSPS) is 15.4. The molecule has 0 radical (unpaired) electrons. The third-order valence-corrected chi connectivity index (χ3v) is 8.20. The van der Waals surface area contributed by atoms with Crippen LogP contribution in [0.1, 0.15) is 55.1 Å². The molecule has 1 aromatic heterocycles. The fourth-order valence-corrected chi connectivity index (χ4v) is 5.42. The van der Waals surface area contributed by atoms with E-state index in [4.69, 9.17) is 0 Å². The van der Waals surface area contributed by atoms with Crippen molar-refractivity contribution in [3.8, 4) is 0 Å². The number of amides is 1. The molecule has 0 atom stereocenters. The summed E-state index contributed by atoms with van der Waals surface area (Å²) < 4.78 is 52.8. The predicted molar refractivity (Wildman–Crippen MR) is 106 cm³/mol. The number of nitrogens with zero attached hydrogens (tertiary/aromatic N) is 1. The van der Waals surface area contributed by atoms with E-state index in [-0.39, 0.29) is 15.9 Å². The lowest BCUT2D eigenvalue weighted by atomic mass is 9.87. The van der Waals surface area contributed by atoms with Gasteiger partial charge in [-0.25, -0.2) is 21.6 Å². The highest BCUT2D eigenvalue weighted by Gasteiger charge is 2.37. The highest BCUT2D eigenvalue weighted by Crippen LogP contribution is 2.30. The van der Waals surface area contributed by atoms with Gasteiger partial charge in [-0.1, -0.05) is 32.9 Å². The molecule has 1 aliphatic rings. The summed E-state index contributed by atoms with van der Waals surface area (Å²) >= 11 is 0. The van der Waals surface area contributed by atoms with E-state index in [9.17, 15) is 21.6 Å². The van der Waals surface area contributed by atoms with Crippen LogP contribution in [0.25, 0.3) is 0 Å². The quantitative estimate of drug-likeness (QED) is 0.795. The van der Waals surface area contributed by atoms with E-state index in [2.05, 4.69) is 0 Å². The van der Waals surface area contributed by atoms with Crippen LogP contribution in [-0.4, -0.2) is 32.0 Å². The second-order valence-electron chi connectivity index (χ2n) is 8.14. The van der Waals surface area contributed by atoms with Crippen LogP contribution in [0.2, 0.25) is 0 Å². The van der Waals surface area contributed by atoms with Gasteiger partial charge in [0.2, 0.25) is 10.0 Å². The summed E-state index contributed by atoms with van der Waals surface area (Å²) in [7, 11) is -7.60. The number of sulfonamides is 1. The van der Waals surface area contributed by atoms with Gasteiger partial charge in [0, 0.05) is 12.4 Å². The van der Waals surface area contributed by atoms with Crippen LogP contribution >= 0.6 is 0 Å². The lowest BCUT2D eigenvalue weighted by Gasteiger charge is -2.19. The van der Waals surface area contributed by atoms with Crippen LogP contribution in [-0.2, 0) is 25.5 Å². The minimum absolute atomic E-state index is 0.0131. The Labute approximate surface area is 165 Å². The van der Waals surface area contributed by atoms with Crippen LogP contribution in [0.4, 0.5) is 0 Å². The molecule has 2 aromatic rings. The molecule has 0 aliphatic heterocycles. The van der Waals surface area contributed by atoms with Crippen molar-refractivity contribution in [3.63, 3.8) is 0 Å². The van der Waals surface area contributed by atoms with Crippen molar-refractivity contribution in [2.75, 3.05) is 0 Å². The monoisotopic (exact) mass is 424 g/mol. The Morgan fingerprint density at radius 1 is 1.04 bits per heavy atom. The Morgan fingerprint density at radius 3 is 2.11 bits per heavy atom. The molecule has 0 unspecified atom stereocenters. The molecular formula is C19H24N2O5S2. The molecule has 1 heterocycles. The maximum Gasteiger partial charge on any atom is 0.266 e. The van der Waals surface area contributed by atoms with Crippen molar-refractivity contribution in [1.29, 1.82) is 0 Å². The standard InChI is InChI=1S/C19H24N2O5S2/c1-13-11-21(28(25,26)16-9-10-16)12-17(13)18(22)20-27(23,24)15-7-5-14(6-8-15)19(2,3)4/h5-8,11-12,16H,9-10H2,1-4H3,(H,20,22). The van der Waals surface area contributed by atoms with Gasteiger partial charge in [-0.3, -0.25) is 8.77 Å². The average molecular weight is 425 g/mol. The average Bonchev–Trinajstić information content (AvgIpc) is 3.36. The molecule has 1 amide bonds. The van der Waals surface area contributed by atoms with Crippen molar-refractivity contribution in [2.24, 2.45) is 0 Å². The minimum Gasteiger partial charge on any atom is -0.268 e. The maximum atomic E-state index is 12.6. The number of aromatic nitrogens is 1. The Kier molecular flexibility index (Phi) is 4.95. The van der Waals surface area contributed by atoms with Gasteiger partial charge < -0.3 is 0 Å². The summed E-state index contributed by atoms with van der Waals surface area (Å²) in [4.78, 5) is 12.5. The Morgan fingerprint density at radius 2 is 1.61 bits per heavy atom. The van der Waals surface area contributed by atoms with Gasteiger partial charge in [-0.15, -0.1) is 0 Å². The molecule has 1 N–H and O–H groups in total. The van der Waals surface area contributed by atoms with Crippen molar-refractivity contribution < 1.29 is 21.6 Å². The van der Waals surface area contributed by atoms with Gasteiger partial charge in [0.15, 0.2) is 0 Å². The number of hydrogen-bond donors (Lipinski definition) is 1. The molecule has 3 rings (SSSR count). The van der Waals surface area contributed by atoms with Crippen molar-refractivity contribution in [2.45, 2.75) is 56.1 Å². The van der Waals surface area contributed by atoms with Crippen molar-refractivity contribution in [3.05, 3.63) is 53.3 Å². The molecule has 0 spiro atoms. The van der Waals surface area contributed by atoms with E-state index >= 15 is 0 Å². The molecule has 152 valence electrons. The first-order chi connectivity index (χ1) is 12.8. The Hall–Kier alpha value is -2.13. The Bertz CT molecular complexity index is 1120. The fraction of sp³-hybridized carbons (Fsp3) is 0.421. The molecule has 0 saturated heterocycles. The Balaban J connectivity index is 1.83. The molecule has 28 heavy (non-hydrogen) atoms. The number of carbonyl (C=O) groups is 1. The molecule has 1 fully saturated rings. The van der Waals surface area contributed by atoms with Crippen molar-refractivity contribution in [1.82, 2.24) is 8.69 Å². The van der Waals surface area contributed by atoms with E-state index in [1.54, 1.807) is 19.1 Å². The summed E-state index contributed by atoms with van der Waals surface area (Å²) in [6.07, 6.45) is 3.71. The first-order valence-corrected chi connectivity index (χ1v) is 11.9. The van der Waals surface area contributed by atoms with Crippen LogP contribution in [0.5, 0.6) is 0 Å². The van der Waals surface area contributed by atoms with Crippen LogP contribution < -0.4 is 4.72 Å². The second kappa shape index (κ2) is 6.73. The molecular weight excluding hydrogens is 400 g/mol. The van der Waals surface area contributed by atoms with Crippen molar-refractivity contribution >= 4 is 26.0 Å². The maximum absolute atomic E-state index is 12.6. The van der Waals surface area contributed by atoms with Crippen LogP contribution in [0.3, 0.4) is 0 Å². The lowest BCUT2D eigenvalue weighted by molar-refractivity contribution is 0.0981. The third-order valence-electron chi connectivity index (χ3n) is 4.74. The first-order valence-electron chi connectivity index (χ1n) is 8.93. The lowest BCUT2D eigenvalue weighted by Crippen LogP contribution is -2.31. The van der Waals surface area contributed by atoms with Crippen LogP contribution in [0, 0.1) is 6.92 Å². The molecule has 9 heteroatoms. The van der Waals surface area contributed by atoms with Gasteiger partial charge in [0.05, 0.1) is 15.7 Å². The number of hydrogen-bond acceptors (Lipinski definition) is 5. The van der Waals surface area contributed by atoms with E-state index in [1.165, 1.54) is 24.5 Å². The molecule has 1 aliphatic carbocycles. The molecule has 1 saturated carbocycles. The van der Waals surface area contributed by atoms with E-state index in [0.29, 0.717) is 18.4 Å². The summed E-state index contributed by atoms with van der Waals surface area (Å²) in [5, 5.41) is -0.430. The van der Waals surface area contributed by atoms with E-state index in [1.807, 2.05) is 25.5 Å². The zero-order valence-electron chi connectivity index (χ0n) is 16.3. The number of carbonyl (C=O) groups excluding carboxylic acids is 1. The summed E-state index contributed by atoms with van der Waals surface area (Å²) in [5.74, 6) is -0.859. The summed E-state index contributed by atoms with van der Waals surface area (Å²) in [6.45, 7) is 7.61. The second-order valence-corrected chi connectivity index (χ2v) is 11.9. The molecule has 7 nitrogen and oxygen atoms in total. The largest absolute Gasteiger partial charge is 0.268 e.